The van der Waals surface area contributed by atoms with Crippen LogP contribution >= 0.6 is 0 Å². The Hall–Kier alpha value is -1.62. The van der Waals surface area contributed by atoms with Gasteiger partial charge in [-0.1, -0.05) is 13.8 Å². The second-order valence-electron chi connectivity index (χ2n) is 5.48. The molecular weight excluding hydrogens is 232 g/mol. The fraction of sp³-hybridized carbons (Fsp3) is 0.538. The highest BCUT2D eigenvalue weighted by Gasteiger charge is 2.48. The Morgan fingerprint density at radius 2 is 2.17 bits per heavy atom. The molecule has 1 aliphatic carbocycles. The highest BCUT2D eigenvalue weighted by atomic mass is 16.3. The van der Waals surface area contributed by atoms with Gasteiger partial charge >= 0.3 is 0 Å². The van der Waals surface area contributed by atoms with Crippen LogP contribution in [-0.4, -0.2) is 28.1 Å². The summed E-state index contributed by atoms with van der Waals surface area (Å²) < 4.78 is 0. The summed E-state index contributed by atoms with van der Waals surface area (Å²) in [6.07, 6.45) is 0.127. The molecule has 1 aromatic rings. The molecule has 1 amide bonds. The van der Waals surface area contributed by atoms with E-state index in [1.165, 1.54) is 6.07 Å². The zero-order chi connectivity index (χ0) is 13.5. The van der Waals surface area contributed by atoms with Crippen molar-refractivity contribution in [2.75, 3.05) is 0 Å². The van der Waals surface area contributed by atoms with Gasteiger partial charge in [0.25, 0.3) is 11.5 Å². The van der Waals surface area contributed by atoms with Crippen LogP contribution in [-0.2, 0) is 0 Å². The summed E-state index contributed by atoms with van der Waals surface area (Å²) >= 11 is 0. The van der Waals surface area contributed by atoms with Crippen LogP contribution in [0.15, 0.2) is 16.9 Å². The summed E-state index contributed by atoms with van der Waals surface area (Å²) in [5, 5.41) is 12.4. The molecule has 2 unspecified atom stereocenters. The van der Waals surface area contributed by atoms with Gasteiger partial charge < -0.3 is 15.4 Å². The SMILES string of the molecule is Cc1ccc(C(=O)NC2CC(O)C2(C)C)c(=O)[nH]1. The molecule has 1 heterocycles. The first kappa shape index (κ1) is 12.8. The molecule has 0 spiro atoms. The van der Waals surface area contributed by atoms with Crippen molar-refractivity contribution in [1.82, 2.24) is 10.3 Å². The van der Waals surface area contributed by atoms with E-state index in [9.17, 15) is 14.7 Å². The van der Waals surface area contributed by atoms with E-state index in [4.69, 9.17) is 0 Å². The average Bonchev–Trinajstić information content (AvgIpc) is 2.28. The lowest BCUT2D eigenvalue weighted by atomic mass is 9.64. The van der Waals surface area contributed by atoms with Crippen LogP contribution in [0, 0.1) is 12.3 Å². The lowest BCUT2D eigenvalue weighted by molar-refractivity contribution is -0.0689. The van der Waals surface area contributed by atoms with Crippen molar-refractivity contribution >= 4 is 5.91 Å². The molecule has 1 saturated carbocycles. The third-order valence-corrected chi connectivity index (χ3v) is 3.82. The summed E-state index contributed by atoms with van der Waals surface area (Å²) in [5.74, 6) is -0.388. The smallest absolute Gasteiger partial charge is 0.260 e. The van der Waals surface area contributed by atoms with E-state index in [1.54, 1.807) is 13.0 Å². The molecule has 1 fully saturated rings. The maximum atomic E-state index is 12.0. The first-order valence-corrected chi connectivity index (χ1v) is 6.01. The summed E-state index contributed by atoms with van der Waals surface area (Å²) in [7, 11) is 0. The Labute approximate surface area is 105 Å². The average molecular weight is 250 g/mol. The van der Waals surface area contributed by atoms with Crippen molar-refractivity contribution in [3.05, 3.63) is 33.7 Å². The summed E-state index contributed by atoms with van der Waals surface area (Å²) in [6.45, 7) is 5.55. The van der Waals surface area contributed by atoms with E-state index in [-0.39, 0.29) is 28.5 Å². The molecule has 18 heavy (non-hydrogen) atoms. The van der Waals surface area contributed by atoms with Crippen molar-refractivity contribution in [2.45, 2.75) is 39.3 Å². The number of hydrogen-bond acceptors (Lipinski definition) is 3. The van der Waals surface area contributed by atoms with E-state index in [2.05, 4.69) is 10.3 Å². The van der Waals surface area contributed by atoms with Gasteiger partial charge in [0.15, 0.2) is 0 Å². The molecule has 98 valence electrons. The zero-order valence-electron chi connectivity index (χ0n) is 10.8. The van der Waals surface area contributed by atoms with Gasteiger partial charge in [0.1, 0.15) is 5.56 Å². The predicted octanol–water partition coefficient (Wildman–Crippen LogP) is 0.573. The Morgan fingerprint density at radius 1 is 1.50 bits per heavy atom. The van der Waals surface area contributed by atoms with E-state index >= 15 is 0 Å². The number of nitrogens with one attached hydrogen (secondary N) is 2. The zero-order valence-corrected chi connectivity index (χ0v) is 10.8. The Balaban J connectivity index is 2.12. The van der Waals surface area contributed by atoms with Gasteiger partial charge in [-0.25, -0.2) is 0 Å². The van der Waals surface area contributed by atoms with Gasteiger partial charge in [0.2, 0.25) is 0 Å². The number of H-pyrrole nitrogens is 1. The Bertz CT molecular complexity index is 533. The van der Waals surface area contributed by atoms with Gasteiger partial charge in [-0.2, -0.15) is 0 Å². The first-order chi connectivity index (χ1) is 8.32. The third kappa shape index (κ3) is 2.06. The molecular formula is C13H18N2O3. The van der Waals surface area contributed by atoms with E-state index in [0.717, 1.165) is 5.69 Å². The molecule has 3 N–H and O–H groups in total. The summed E-state index contributed by atoms with van der Waals surface area (Å²) in [4.78, 5) is 26.2. The van der Waals surface area contributed by atoms with Gasteiger partial charge in [0, 0.05) is 17.2 Å². The highest BCUT2D eigenvalue weighted by molar-refractivity contribution is 5.94. The van der Waals surface area contributed by atoms with Crippen LogP contribution in [0.3, 0.4) is 0 Å². The van der Waals surface area contributed by atoms with E-state index in [0.29, 0.717) is 6.42 Å². The lowest BCUT2D eigenvalue weighted by Crippen LogP contribution is -2.61. The number of rotatable bonds is 2. The number of aromatic nitrogens is 1. The topological polar surface area (TPSA) is 82.2 Å². The molecule has 2 rings (SSSR count). The molecule has 0 aliphatic heterocycles. The van der Waals surface area contributed by atoms with E-state index < -0.39 is 6.10 Å². The number of aromatic amines is 1. The number of aliphatic hydroxyl groups is 1. The first-order valence-electron chi connectivity index (χ1n) is 6.01. The number of hydrogen-bond donors (Lipinski definition) is 3. The molecule has 1 aliphatic rings. The molecule has 0 radical (unpaired) electrons. The van der Waals surface area contributed by atoms with E-state index in [1.807, 2.05) is 13.8 Å². The molecule has 2 atom stereocenters. The molecule has 5 heteroatoms. The summed E-state index contributed by atoms with van der Waals surface area (Å²) in [5.41, 5.74) is 0.103. The van der Waals surface area contributed by atoms with Crippen molar-refractivity contribution in [3.63, 3.8) is 0 Å². The number of aliphatic hydroxyl groups excluding tert-OH is 1. The minimum absolute atomic E-state index is 0.0966. The van der Waals surface area contributed by atoms with Crippen molar-refractivity contribution < 1.29 is 9.90 Å². The molecule has 0 aromatic carbocycles. The molecule has 0 bridgehead atoms. The van der Waals surface area contributed by atoms with Crippen LogP contribution in [0.1, 0.15) is 36.3 Å². The monoisotopic (exact) mass is 250 g/mol. The molecule has 5 nitrogen and oxygen atoms in total. The minimum atomic E-state index is -0.404. The van der Waals surface area contributed by atoms with Crippen LogP contribution in [0.4, 0.5) is 0 Å². The Kier molecular flexibility index (Phi) is 3.02. The summed E-state index contributed by atoms with van der Waals surface area (Å²) in [6, 6.07) is 3.11. The number of pyridine rings is 1. The third-order valence-electron chi connectivity index (χ3n) is 3.82. The lowest BCUT2D eigenvalue weighted by Gasteiger charge is -2.49. The number of aryl methyl sites for hydroxylation is 1. The Morgan fingerprint density at radius 3 is 2.67 bits per heavy atom. The van der Waals surface area contributed by atoms with Gasteiger partial charge in [-0.3, -0.25) is 9.59 Å². The fourth-order valence-corrected chi connectivity index (χ4v) is 2.13. The maximum Gasteiger partial charge on any atom is 0.260 e. The van der Waals surface area contributed by atoms with Crippen LogP contribution in [0.25, 0.3) is 0 Å². The quantitative estimate of drug-likeness (QED) is 0.717. The number of amides is 1. The normalized spacial score (nSPS) is 25.3. The largest absolute Gasteiger partial charge is 0.392 e. The van der Waals surface area contributed by atoms with Crippen LogP contribution < -0.4 is 10.9 Å². The van der Waals surface area contributed by atoms with Crippen LogP contribution in [0.5, 0.6) is 0 Å². The van der Waals surface area contributed by atoms with Crippen LogP contribution in [0.2, 0.25) is 0 Å². The second kappa shape index (κ2) is 4.24. The van der Waals surface area contributed by atoms with Gasteiger partial charge in [-0.05, 0) is 25.5 Å². The molecule has 0 saturated heterocycles. The van der Waals surface area contributed by atoms with Gasteiger partial charge in [0.05, 0.1) is 6.10 Å². The number of carbonyl (C=O) groups is 1. The maximum absolute atomic E-state index is 12.0. The van der Waals surface area contributed by atoms with Crippen molar-refractivity contribution in [3.8, 4) is 0 Å². The predicted molar refractivity (Wildman–Crippen MR) is 67.5 cm³/mol. The van der Waals surface area contributed by atoms with Crippen molar-refractivity contribution in [1.29, 1.82) is 0 Å². The standard InChI is InChI=1S/C13H18N2O3/c1-7-4-5-8(11(17)14-7)12(18)15-9-6-10(16)13(9,2)3/h4-5,9-10,16H,6H2,1-3H3,(H,14,17)(H,15,18). The highest BCUT2D eigenvalue weighted by Crippen LogP contribution is 2.40. The molecule has 1 aromatic heterocycles. The number of carbonyl (C=O) groups excluding carboxylic acids is 1. The fourth-order valence-electron chi connectivity index (χ4n) is 2.13. The van der Waals surface area contributed by atoms with Gasteiger partial charge in [-0.15, -0.1) is 0 Å². The van der Waals surface area contributed by atoms with Crippen molar-refractivity contribution in [2.24, 2.45) is 5.41 Å². The second-order valence-corrected chi connectivity index (χ2v) is 5.48. The minimum Gasteiger partial charge on any atom is -0.392 e.